The molecule has 1 heterocycles. The number of hydrogen-bond acceptors (Lipinski definition) is 3. The van der Waals surface area contributed by atoms with E-state index in [0.717, 1.165) is 12.3 Å². The maximum atomic E-state index is 13.0. The Balaban J connectivity index is 2.92. The van der Waals surface area contributed by atoms with E-state index in [0.29, 0.717) is 0 Å². The van der Waals surface area contributed by atoms with Crippen LogP contribution in [0, 0.1) is 0 Å². The Kier molecular flexibility index (Phi) is 4.86. The van der Waals surface area contributed by atoms with E-state index in [1.54, 1.807) is 26.1 Å². The van der Waals surface area contributed by atoms with Crippen molar-refractivity contribution in [2.24, 2.45) is 0 Å². The number of rotatable bonds is 2. The summed E-state index contributed by atoms with van der Waals surface area (Å²) >= 11 is 5.52. The molecule has 0 radical (unpaired) electrons. The summed E-state index contributed by atoms with van der Waals surface area (Å²) in [6.45, 7) is 4.66. The van der Waals surface area contributed by atoms with E-state index in [2.05, 4.69) is 4.98 Å². The Labute approximate surface area is 119 Å². The van der Waals surface area contributed by atoms with Crippen molar-refractivity contribution in [3.8, 4) is 0 Å². The number of nitrogens with zero attached hydrogens (tertiary/aromatic N) is 1. The number of carbonyl (C=O) groups is 1. The lowest BCUT2D eigenvalue weighted by Gasteiger charge is -2.25. The summed E-state index contributed by atoms with van der Waals surface area (Å²) in [5.41, 5.74) is -1.12. The molecule has 0 aliphatic heterocycles. The first-order valence-electron chi connectivity index (χ1n) is 5.67. The number of ether oxygens (including phenoxy) is 1. The second kappa shape index (κ2) is 5.87. The summed E-state index contributed by atoms with van der Waals surface area (Å²) in [4.78, 5) is 15.0. The Morgan fingerprint density at radius 1 is 1.35 bits per heavy atom. The van der Waals surface area contributed by atoms with Gasteiger partial charge in [-0.25, -0.2) is 9.78 Å². The first-order valence-corrected chi connectivity index (χ1v) is 6.04. The number of amides is 1. The molecule has 0 aliphatic rings. The number of nitrogens with one attached hydrogen (secondary N) is 1. The average Bonchev–Trinajstić information content (AvgIpc) is 2.23. The van der Waals surface area contributed by atoms with Crippen LogP contribution in [0.25, 0.3) is 0 Å². The normalized spacial score (nSPS) is 13.8. The van der Waals surface area contributed by atoms with Gasteiger partial charge in [-0.05, 0) is 26.8 Å². The van der Waals surface area contributed by atoms with Crippen LogP contribution in [-0.4, -0.2) is 22.9 Å². The molecule has 1 rings (SSSR count). The van der Waals surface area contributed by atoms with Crippen LogP contribution >= 0.6 is 11.6 Å². The summed E-state index contributed by atoms with van der Waals surface area (Å²) < 4.78 is 43.7. The second-order valence-electron chi connectivity index (χ2n) is 5.04. The summed E-state index contributed by atoms with van der Waals surface area (Å²) in [5.74, 6) is 0. The summed E-state index contributed by atoms with van der Waals surface area (Å²) in [6, 6.07) is 0.152. The third-order valence-corrected chi connectivity index (χ3v) is 2.30. The van der Waals surface area contributed by atoms with Gasteiger partial charge in [0.2, 0.25) is 0 Å². The van der Waals surface area contributed by atoms with Gasteiger partial charge in [-0.3, -0.25) is 0 Å². The molecule has 1 N–H and O–H groups in total. The molecule has 1 atom stereocenters. The summed E-state index contributed by atoms with van der Waals surface area (Å²) in [7, 11) is 0. The Morgan fingerprint density at radius 2 is 1.95 bits per heavy atom. The SMILES string of the molecule is CC(C)(C)OC(=O)NC(c1ccc(Cl)nc1)C(F)(F)F. The third-order valence-electron chi connectivity index (χ3n) is 2.07. The molecule has 1 aromatic heterocycles. The zero-order valence-corrected chi connectivity index (χ0v) is 11.8. The summed E-state index contributed by atoms with van der Waals surface area (Å²) in [6.07, 6.45) is -4.88. The van der Waals surface area contributed by atoms with Gasteiger partial charge in [-0.15, -0.1) is 0 Å². The predicted octanol–water partition coefficient (Wildman–Crippen LogP) is 3.86. The number of carbonyl (C=O) groups excluding carboxylic acids is 1. The van der Waals surface area contributed by atoms with Crippen molar-refractivity contribution >= 4 is 17.7 Å². The first-order chi connectivity index (χ1) is 8.99. The van der Waals surface area contributed by atoms with Crippen LogP contribution in [0.15, 0.2) is 18.3 Å². The smallest absolute Gasteiger partial charge is 0.413 e. The van der Waals surface area contributed by atoms with Crippen molar-refractivity contribution in [1.29, 1.82) is 0 Å². The lowest BCUT2D eigenvalue weighted by Crippen LogP contribution is -2.41. The van der Waals surface area contributed by atoms with Gasteiger partial charge in [0.1, 0.15) is 10.8 Å². The molecule has 20 heavy (non-hydrogen) atoms. The van der Waals surface area contributed by atoms with Gasteiger partial charge >= 0.3 is 12.3 Å². The zero-order valence-electron chi connectivity index (χ0n) is 11.1. The molecule has 0 saturated carbocycles. The number of alkyl halides is 3. The van der Waals surface area contributed by atoms with E-state index in [9.17, 15) is 18.0 Å². The predicted molar refractivity (Wildman–Crippen MR) is 67.4 cm³/mol. The zero-order chi connectivity index (χ0) is 15.6. The molecule has 0 fully saturated rings. The van der Waals surface area contributed by atoms with E-state index in [1.807, 2.05) is 0 Å². The molecule has 8 heteroatoms. The van der Waals surface area contributed by atoms with Crippen molar-refractivity contribution in [1.82, 2.24) is 10.3 Å². The fourth-order valence-electron chi connectivity index (χ4n) is 1.34. The van der Waals surface area contributed by atoms with Gasteiger partial charge in [-0.2, -0.15) is 13.2 Å². The highest BCUT2D eigenvalue weighted by Crippen LogP contribution is 2.32. The minimum atomic E-state index is -4.67. The molecule has 0 aromatic carbocycles. The lowest BCUT2D eigenvalue weighted by atomic mass is 10.1. The Hall–Kier alpha value is -1.50. The van der Waals surface area contributed by atoms with Crippen molar-refractivity contribution in [2.45, 2.75) is 38.6 Å². The number of aromatic nitrogens is 1. The van der Waals surface area contributed by atoms with Gasteiger partial charge in [0.25, 0.3) is 0 Å². The van der Waals surface area contributed by atoms with Crippen molar-refractivity contribution in [3.05, 3.63) is 29.0 Å². The molecule has 0 aliphatic carbocycles. The van der Waals surface area contributed by atoms with Crippen LogP contribution in [-0.2, 0) is 4.74 Å². The third kappa shape index (κ3) is 5.24. The molecular formula is C12H14ClF3N2O2. The van der Waals surface area contributed by atoms with Crippen molar-refractivity contribution in [3.63, 3.8) is 0 Å². The van der Waals surface area contributed by atoms with Gasteiger partial charge in [0.05, 0.1) is 0 Å². The topological polar surface area (TPSA) is 51.2 Å². The molecule has 1 aromatic rings. The van der Waals surface area contributed by atoms with Gasteiger partial charge in [-0.1, -0.05) is 17.7 Å². The molecule has 4 nitrogen and oxygen atoms in total. The lowest BCUT2D eigenvalue weighted by molar-refractivity contribution is -0.157. The van der Waals surface area contributed by atoms with Crippen molar-refractivity contribution in [2.75, 3.05) is 0 Å². The molecule has 112 valence electrons. The first kappa shape index (κ1) is 16.6. The van der Waals surface area contributed by atoms with Crippen LogP contribution < -0.4 is 5.32 Å². The monoisotopic (exact) mass is 310 g/mol. The molecule has 0 bridgehead atoms. The molecule has 0 spiro atoms. The highest BCUT2D eigenvalue weighted by molar-refractivity contribution is 6.29. The Morgan fingerprint density at radius 3 is 2.35 bits per heavy atom. The van der Waals surface area contributed by atoms with Crippen molar-refractivity contribution < 1.29 is 22.7 Å². The number of halogens is 4. The van der Waals surface area contributed by atoms with Crippen LogP contribution in [0.1, 0.15) is 32.4 Å². The standard InChI is InChI=1S/C12H14ClF3N2O2/c1-11(2,3)20-10(19)18-9(12(14,15)16)7-4-5-8(13)17-6-7/h4-6,9H,1-3H3,(H,18,19). The Bertz CT molecular complexity index is 469. The second-order valence-corrected chi connectivity index (χ2v) is 5.42. The fraction of sp³-hybridized carbons (Fsp3) is 0.500. The van der Waals surface area contributed by atoms with Gasteiger partial charge in [0.15, 0.2) is 6.04 Å². The summed E-state index contributed by atoms with van der Waals surface area (Å²) in [5, 5.41) is 1.84. The maximum absolute atomic E-state index is 13.0. The van der Waals surface area contributed by atoms with Gasteiger partial charge in [0, 0.05) is 11.8 Å². The number of pyridine rings is 1. The van der Waals surface area contributed by atoms with E-state index in [1.165, 1.54) is 6.07 Å². The molecule has 1 unspecified atom stereocenters. The highest BCUT2D eigenvalue weighted by Gasteiger charge is 2.42. The van der Waals surface area contributed by atoms with E-state index in [4.69, 9.17) is 16.3 Å². The molecular weight excluding hydrogens is 297 g/mol. The van der Waals surface area contributed by atoms with Crippen LogP contribution in [0.3, 0.4) is 0 Å². The van der Waals surface area contributed by atoms with E-state index in [-0.39, 0.29) is 10.7 Å². The van der Waals surface area contributed by atoms with Gasteiger partial charge < -0.3 is 10.1 Å². The molecule has 1 amide bonds. The maximum Gasteiger partial charge on any atom is 0.413 e. The van der Waals surface area contributed by atoms with E-state index < -0.39 is 23.9 Å². The largest absolute Gasteiger partial charge is 0.444 e. The van der Waals surface area contributed by atoms with E-state index >= 15 is 0 Å². The average molecular weight is 311 g/mol. The minimum absolute atomic E-state index is 0.0620. The minimum Gasteiger partial charge on any atom is -0.444 e. The number of alkyl carbamates (subject to hydrolysis) is 1. The molecule has 0 saturated heterocycles. The quantitative estimate of drug-likeness (QED) is 0.844. The van der Waals surface area contributed by atoms with Crippen LogP contribution in [0.4, 0.5) is 18.0 Å². The number of hydrogen-bond donors (Lipinski definition) is 1. The van der Waals surface area contributed by atoms with Crippen LogP contribution in [0.5, 0.6) is 0 Å². The van der Waals surface area contributed by atoms with Crippen LogP contribution in [0.2, 0.25) is 5.15 Å². The fourth-order valence-corrected chi connectivity index (χ4v) is 1.45. The highest BCUT2D eigenvalue weighted by atomic mass is 35.5.